The van der Waals surface area contributed by atoms with Crippen molar-refractivity contribution in [2.45, 2.75) is 19.8 Å². The quantitative estimate of drug-likeness (QED) is 0.235. The summed E-state index contributed by atoms with van der Waals surface area (Å²) in [5.74, 6) is 1.14. The van der Waals surface area contributed by atoms with Crippen LogP contribution in [0, 0.1) is 5.92 Å². The molecule has 1 aliphatic rings. The molecule has 2 N–H and O–H groups in total. The minimum absolute atomic E-state index is 0.211. The second-order valence-electron chi connectivity index (χ2n) is 8.76. The minimum Gasteiger partial charge on any atom is -0.494 e. The number of ether oxygens (including phenoxy) is 2. The molecule has 1 fully saturated rings. The van der Waals surface area contributed by atoms with E-state index in [1.54, 1.807) is 32.2 Å². The molecular weight excluding hydrogens is 538 g/mol. The van der Waals surface area contributed by atoms with E-state index in [4.69, 9.17) is 9.47 Å². The highest BCUT2D eigenvalue weighted by Gasteiger charge is 2.25. The molecule has 1 heterocycles. The fraction of sp³-hybridized carbons (Fsp3) is 0.333. The number of esters is 1. The molecule has 0 spiro atoms. The van der Waals surface area contributed by atoms with Crippen LogP contribution in [-0.2, 0) is 14.3 Å². The number of rotatable bonds is 12. The van der Waals surface area contributed by atoms with Crippen LogP contribution in [0.2, 0.25) is 0 Å². The topological polar surface area (TPSA) is 106 Å². The first-order valence-electron chi connectivity index (χ1n) is 12.2. The monoisotopic (exact) mass is 567 g/mol. The van der Waals surface area contributed by atoms with E-state index in [1.165, 1.54) is 25.2 Å². The summed E-state index contributed by atoms with van der Waals surface area (Å²) in [7, 11) is 1.54. The Balaban J connectivity index is 1.47. The molecule has 0 unspecified atom stereocenters. The van der Waals surface area contributed by atoms with Gasteiger partial charge in [-0.2, -0.15) is 0 Å². The molecule has 10 heteroatoms. The van der Waals surface area contributed by atoms with E-state index in [-0.39, 0.29) is 18.4 Å². The SMILES string of the molecule is CCOC(=O)CN(C/C=C/C(=O)Nc1cc2c(Nc3cccc(Br)c3)ncnc2cc1OC)CC1CC1. The lowest BCUT2D eigenvalue weighted by atomic mass is 10.2. The largest absolute Gasteiger partial charge is 0.494 e. The van der Waals surface area contributed by atoms with Crippen LogP contribution >= 0.6 is 15.9 Å². The van der Waals surface area contributed by atoms with Crippen molar-refractivity contribution < 1.29 is 19.1 Å². The standard InChI is InChI=1S/C27H30BrN5O4/c1-3-37-26(35)16-33(15-18-9-10-18)11-5-8-25(34)32-23-13-21-22(14-24(23)36-2)29-17-30-27(21)31-20-7-4-6-19(28)12-20/h4-8,12-14,17-18H,3,9-11,15-16H2,1-2H3,(H,32,34)(H,29,30,31)/b8-5+. The summed E-state index contributed by atoms with van der Waals surface area (Å²) in [6.07, 6.45) is 7.05. The van der Waals surface area contributed by atoms with Gasteiger partial charge in [0.1, 0.15) is 17.9 Å². The maximum atomic E-state index is 12.8. The Bertz CT molecular complexity index is 1300. The summed E-state index contributed by atoms with van der Waals surface area (Å²) in [6.45, 7) is 3.65. The molecule has 1 amide bonds. The molecule has 37 heavy (non-hydrogen) atoms. The molecule has 3 aromatic rings. The summed E-state index contributed by atoms with van der Waals surface area (Å²) < 4.78 is 11.5. The average molecular weight is 568 g/mol. The third-order valence-electron chi connectivity index (χ3n) is 5.81. The Morgan fingerprint density at radius 3 is 2.78 bits per heavy atom. The van der Waals surface area contributed by atoms with E-state index in [0.717, 1.165) is 22.1 Å². The number of methoxy groups -OCH3 is 1. The number of benzene rings is 2. The van der Waals surface area contributed by atoms with Crippen LogP contribution in [0.4, 0.5) is 17.2 Å². The van der Waals surface area contributed by atoms with Gasteiger partial charge in [0.2, 0.25) is 5.91 Å². The number of halogens is 1. The van der Waals surface area contributed by atoms with E-state index in [1.807, 2.05) is 29.2 Å². The lowest BCUT2D eigenvalue weighted by molar-refractivity contribution is -0.144. The van der Waals surface area contributed by atoms with Gasteiger partial charge < -0.3 is 20.1 Å². The number of anilines is 3. The zero-order valence-corrected chi connectivity index (χ0v) is 22.5. The van der Waals surface area contributed by atoms with Crippen LogP contribution in [-0.4, -0.2) is 60.1 Å². The zero-order valence-electron chi connectivity index (χ0n) is 20.9. The van der Waals surface area contributed by atoms with Gasteiger partial charge in [-0.25, -0.2) is 9.97 Å². The van der Waals surface area contributed by atoms with Crippen LogP contribution in [0.5, 0.6) is 5.75 Å². The highest BCUT2D eigenvalue weighted by atomic mass is 79.9. The molecule has 0 atom stereocenters. The van der Waals surface area contributed by atoms with Gasteiger partial charge >= 0.3 is 5.97 Å². The average Bonchev–Trinajstić information content (AvgIpc) is 3.68. The number of carbonyl (C=O) groups is 2. The van der Waals surface area contributed by atoms with Gasteiger partial charge in [-0.1, -0.05) is 28.1 Å². The summed E-state index contributed by atoms with van der Waals surface area (Å²) in [4.78, 5) is 35.4. The van der Waals surface area contributed by atoms with Crippen molar-refractivity contribution >= 4 is 55.9 Å². The van der Waals surface area contributed by atoms with E-state index < -0.39 is 0 Å². The normalized spacial score (nSPS) is 13.2. The molecule has 1 aliphatic carbocycles. The number of hydrogen-bond donors (Lipinski definition) is 2. The molecule has 0 saturated heterocycles. The van der Waals surface area contributed by atoms with Gasteiger partial charge in [0.25, 0.3) is 0 Å². The first-order valence-corrected chi connectivity index (χ1v) is 12.9. The molecule has 194 valence electrons. The van der Waals surface area contributed by atoms with Crippen LogP contribution in [0.3, 0.4) is 0 Å². The van der Waals surface area contributed by atoms with E-state index in [2.05, 4.69) is 36.5 Å². The minimum atomic E-state index is -0.307. The number of nitrogens with zero attached hydrogens (tertiary/aromatic N) is 3. The fourth-order valence-electron chi connectivity index (χ4n) is 3.89. The predicted octanol–water partition coefficient (Wildman–Crippen LogP) is 4.91. The van der Waals surface area contributed by atoms with Crippen molar-refractivity contribution in [1.29, 1.82) is 0 Å². The molecule has 0 bridgehead atoms. The maximum Gasteiger partial charge on any atom is 0.320 e. The number of carbonyl (C=O) groups excluding carboxylic acids is 2. The number of hydrogen-bond acceptors (Lipinski definition) is 8. The number of amides is 1. The Hall–Kier alpha value is -3.50. The van der Waals surface area contributed by atoms with E-state index in [9.17, 15) is 9.59 Å². The smallest absolute Gasteiger partial charge is 0.320 e. The molecule has 0 radical (unpaired) electrons. The second kappa shape index (κ2) is 12.6. The van der Waals surface area contributed by atoms with Gasteiger partial charge in [0.05, 0.1) is 31.5 Å². The van der Waals surface area contributed by atoms with Crippen molar-refractivity contribution in [1.82, 2.24) is 14.9 Å². The van der Waals surface area contributed by atoms with Gasteiger partial charge in [-0.15, -0.1) is 0 Å². The van der Waals surface area contributed by atoms with Gasteiger partial charge in [-0.3, -0.25) is 14.5 Å². The molecule has 4 rings (SSSR count). The van der Waals surface area contributed by atoms with Crippen molar-refractivity contribution in [3.05, 3.63) is 59.4 Å². The summed E-state index contributed by atoms with van der Waals surface area (Å²) in [5, 5.41) is 6.92. The van der Waals surface area contributed by atoms with Crippen molar-refractivity contribution in [2.75, 3.05) is 44.0 Å². The molecule has 1 saturated carbocycles. The second-order valence-corrected chi connectivity index (χ2v) is 9.68. The van der Waals surface area contributed by atoms with Crippen LogP contribution in [0.15, 0.2) is 59.4 Å². The molecule has 0 aliphatic heterocycles. The number of fused-ring (bicyclic) bond motifs is 1. The summed E-state index contributed by atoms with van der Waals surface area (Å²) in [6, 6.07) is 11.3. The lowest BCUT2D eigenvalue weighted by Gasteiger charge is -2.19. The van der Waals surface area contributed by atoms with E-state index >= 15 is 0 Å². The van der Waals surface area contributed by atoms with E-state index in [0.29, 0.717) is 41.8 Å². The van der Waals surface area contributed by atoms with Crippen molar-refractivity contribution in [2.24, 2.45) is 5.92 Å². The Kier molecular flexibility index (Phi) is 9.08. The highest BCUT2D eigenvalue weighted by Crippen LogP contribution is 2.33. The number of nitrogens with one attached hydrogen (secondary N) is 2. The maximum absolute atomic E-state index is 12.8. The molecular formula is C27H30BrN5O4. The van der Waals surface area contributed by atoms with Crippen molar-refractivity contribution in [3.8, 4) is 5.75 Å². The lowest BCUT2D eigenvalue weighted by Crippen LogP contribution is -2.33. The number of aromatic nitrogens is 2. The Morgan fingerprint density at radius 1 is 1.22 bits per heavy atom. The first-order chi connectivity index (χ1) is 17.9. The highest BCUT2D eigenvalue weighted by molar-refractivity contribution is 9.10. The predicted molar refractivity (Wildman–Crippen MR) is 147 cm³/mol. The third kappa shape index (κ3) is 7.74. The first kappa shape index (κ1) is 26.6. The van der Waals surface area contributed by atoms with Crippen LogP contribution in [0.25, 0.3) is 10.9 Å². The zero-order chi connectivity index (χ0) is 26.2. The van der Waals surface area contributed by atoms with Gasteiger partial charge in [-0.05, 0) is 49.9 Å². The van der Waals surface area contributed by atoms with Crippen LogP contribution in [0.1, 0.15) is 19.8 Å². The van der Waals surface area contributed by atoms with Crippen molar-refractivity contribution in [3.63, 3.8) is 0 Å². The summed E-state index contributed by atoms with van der Waals surface area (Å²) >= 11 is 3.48. The Morgan fingerprint density at radius 2 is 2.05 bits per heavy atom. The molecule has 2 aromatic carbocycles. The molecule has 1 aromatic heterocycles. The Labute approximate surface area is 224 Å². The molecule has 9 nitrogen and oxygen atoms in total. The summed E-state index contributed by atoms with van der Waals surface area (Å²) in [5.41, 5.74) is 2.03. The third-order valence-corrected chi connectivity index (χ3v) is 6.30. The fourth-order valence-corrected chi connectivity index (χ4v) is 4.29. The van der Waals surface area contributed by atoms with Crippen LogP contribution < -0.4 is 15.4 Å². The van der Waals surface area contributed by atoms with Gasteiger partial charge in [0.15, 0.2) is 0 Å². The van der Waals surface area contributed by atoms with Gasteiger partial charge in [0, 0.05) is 40.8 Å².